The van der Waals surface area contributed by atoms with Gasteiger partial charge < -0.3 is 0 Å². The van der Waals surface area contributed by atoms with Crippen molar-refractivity contribution >= 4 is 40.6 Å². The van der Waals surface area contributed by atoms with Crippen molar-refractivity contribution in [2.45, 2.75) is 6.42 Å². The Morgan fingerprint density at radius 1 is 1.00 bits per heavy atom. The molecule has 0 N–H and O–H groups in total. The molecule has 0 atom stereocenters. The Morgan fingerprint density at radius 2 is 1.68 bits per heavy atom. The van der Waals surface area contributed by atoms with Gasteiger partial charge >= 0.3 is 0 Å². The van der Waals surface area contributed by atoms with E-state index in [1.54, 1.807) is 18.2 Å². The molecule has 0 saturated carbocycles. The van der Waals surface area contributed by atoms with Gasteiger partial charge in [-0.25, -0.2) is 14.3 Å². The second-order valence-corrected chi connectivity index (χ2v) is 4.95. The minimum absolute atomic E-state index is 0.00607. The summed E-state index contributed by atoms with van der Waals surface area (Å²) in [6.45, 7) is 0. The number of carbonyl (C=O) groups excluding carboxylic acids is 2. The number of thiocarbonyl (C=S) groups is 1. The predicted octanol–water partition coefficient (Wildman–Crippen LogP) is 2.28. The van der Waals surface area contributed by atoms with Crippen LogP contribution in [0.1, 0.15) is 6.42 Å². The van der Waals surface area contributed by atoms with Crippen molar-refractivity contribution in [3.63, 3.8) is 0 Å². The number of pyridine rings is 1. The van der Waals surface area contributed by atoms with Crippen LogP contribution in [0.3, 0.4) is 0 Å². The molecule has 0 aliphatic carbocycles. The maximum Gasteiger partial charge on any atom is 0.244 e. The van der Waals surface area contributed by atoms with Crippen molar-refractivity contribution in [3.05, 3.63) is 54.5 Å². The van der Waals surface area contributed by atoms with E-state index < -0.39 is 17.6 Å². The molecule has 0 bridgehead atoms. The Hall–Kier alpha value is -2.67. The molecule has 0 radical (unpaired) electrons. The fourth-order valence-electron chi connectivity index (χ4n) is 2.16. The van der Waals surface area contributed by atoms with Gasteiger partial charge in [-0.3, -0.25) is 14.5 Å². The summed E-state index contributed by atoms with van der Waals surface area (Å²) < 4.78 is 13.0. The fourth-order valence-corrected chi connectivity index (χ4v) is 2.56. The Labute approximate surface area is 131 Å². The summed E-state index contributed by atoms with van der Waals surface area (Å²) in [7, 11) is 0. The van der Waals surface area contributed by atoms with Crippen molar-refractivity contribution in [2.24, 2.45) is 0 Å². The Balaban J connectivity index is 2.01. The quantitative estimate of drug-likeness (QED) is 0.630. The number of rotatable bonds is 2. The van der Waals surface area contributed by atoms with E-state index in [9.17, 15) is 14.0 Å². The third kappa shape index (κ3) is 2.46. The molecule has 22 heavy (non-hydrogen) atoms. The molecule has 1 saturated heterocycles. The molecule has 1 aromatic carbocycles. The molecule has 2 heterocycles. The van der Waals surface area contributed by atoms with E-state index in [-0.39, 0.29) is 11.5 Å². The molecule has 1 aromatic heterocycles. The van der Waals surface area contributed by atoms with Crippen LogP contribution < -0.4 is 9.80 Å². The van der Waals surface area contributed by atoms with Gasteiger partial charge in [0.1, 0.15) is 18.1 Å². The highest BCUT2D eigenvalue weighted by molar-refractivity contribution is 7.81. The first-order valence-electron chi connectivity index (χ1n) is 6.44. The minimum Gasteiger partial charge on any atom is -0.273 e. The fraction of sp³-hybridized carbons (Fsp3) is 0.0667. The second-order valence-electron chi connectivity index (χ2n) is 4.58. The monoisotopic (exact) mass is 315 g/mol. The highest BCUT2D eigenvalue weighted by atomic mass is 32.1. The van der Waals surface area contributed by atoms with Crippen molar-refractivity contribution in [2.75, 3.05) is 9.80 Å². The van der Waals surface area contributed by atoms with E-state index in [0.717, 1.165) is 0 Å². The first kappa shape index (κ1) is 14.3. The lowest BCUT2D eigenvalue weighted by Gasteiger charge is -2.34. The zero-order chi connectivity index (χ0) is 15.7. The van der Waals surface area contributed by atoms with Gasteiger partial charge in [0.15, 0.2) is 5.11 Å². The molecule has 2 amide bonds. The molecule has 3 rings (SSSR count). The van der Waals surface area contributed by atoms with Gasteiger partial charge in [-0.15, -0.1) is 0 Å². The van der Waals surface area contributed by atoms with Crippen LogP contribution in [0.15, 0.2) is 48.7 Å². The number of anilines is 2. The van der Waals surface area contributed by atoms with E-state index in [4.69, 9.17) is 12.2 Å². The Bertz CT molecular complexity index is 749. The maximum absolute atomic E-state index is 13.0. The molecule has 1 fully saturated rings. The summed E-state index contributed by atoms with van der Waals surface area (Å²) in [5, 5.41) is 0.00607. The Morgan fingerprint density at radius 3 is 2.32 bits per heavy atom. The standard InChI is InChI=1S/C15H10FN3O2S/c16-10-4-6-11(7-5-10)18-13(20)9-14(21)19(15(18)22)12-3-1-2-8-17-12/h1-8H,9H2. The average molecular weight is 315 g/mol. The third-order valence-electron chi connectivity index (χ3n) is 3.15. The summed E-state index contributed by atoms with van der Waals surface area (Å²) >= 11 is 5.28. The number of hydrogen-bond donors (Lipinski definition) is 0. The van der Waals surface area contributed by atoms with Crippen molar-refractivity contribution < 1.29 is 14.0 Å². The molecule has 0 spiro atoms. The SMILES string of the molecule is O=C1CC(=O)N(c2ccccn2)C(=S)N1c1ccc(F)cc1. The topological polar surface area (TPSA) is 53.5 Å². The summed E-state index contributed by atoms with van der Waals surface area (Å²) in [5.41, 5.74) is 0.407. The number of carbonyl (C=O) groups is 2. The van der Waals surface area contributed by atoms with Gasteiger partial charge in [-0.2, -0.15) is 0 Å². The lowest BCUT2D eigenvalue weighted by atomic mass is 10.2. The first-order valence-corrected chi connectivity index (χ1v) is 6.85. The number of nitrogens with zero attached hydrogens (tertiary/aromatic N) is 3. The lowest BCUT2D eigenvalue weighted by Crippen LogP contribution is -2.55. The van der Waals surface area contributed by atoms with Crippen LogP contribution in [0, 0.1) is 5.82 Å². The lowest BCUT2D eigenvalue weighted by molar-refractivity contribution is -0.126. The van der Waals surface area contributed by atoms with E-state index in [1.807, 2.05) is 0 Å². The largest absolute Gasteiger partial charge is 0.273 e. The smallest absolute Gasteiger partial charge is 0.244 e. The van der Waals surface area contributed by atoms with Crippen LogP contribution in [-0.2, 0) is 9.59 Å². The molecule has 0 unspecified atom stereocenters. The van der Waals surface area contributed by atoms with E-state index in [1.165, 1.54) is 40.3 Å². The predicted molar refractivity (Wildman–Crippen MR) is 82.8 cm³/mol. The number of hydrogen-bond acceptors (Lipinski definition) is 4. The van der Waals surface area contributed by atoms with Gasteiger partial charge in [0.25, 0.3) is 0 Å². The summed E-state index contributed by atoms with van der Waals surface area (Å²) in [6, 6.07) is 10.4. The van der Waals surface area contributed by atoms with E-state index >= 15 is 0 Å². The highest BCUT2D eigenvalue weighted by Crippen LogP contribution is 2.25. The molecule has 1 aliphatic heterocycles. The zero-order valence-electron chi connectivity index (χ0n) is 11.3. The van der Waals surface area contributed by atoms with E-state index in [2.05, 4.69) is 4.98 Å². The normalized spacial score (nSPS) is 15.4. The van der Waals surface area contributed by atoms with Gasteiger partial charge in [0.2, 0.25) is 11.8 Å². The van der Waals surface area contributed by atoms with Gasteiger partial charge in [-0.05, 0) is 48.6 Å². The molecule has 2 aromatic rings. The zero-order valence-corrected chi connectivity index (χ0v) is 12.1. The molecular weight excluding hydrogens is 305 g/mol. The summed E-state index contributed by atoms with van der Waals surface area (Å²) in [5.74, 6) is -0.963. The van der Waals surface area contributed by atoms with Gasteiger partial charge in [-0.1, -0.05) is 6.07 Å². The number of benzene rings is 1. The average Bonchev–Trinajstić information content (AvgIpc) is 2.50. The first-order chi connectivity index (χ1) is 10.6. The molecule has 1 aliphatic rings. The summed E-state index contributed by atoms with van der Waals surface area (Å²) in [6.07, 6.45) is 1.21. The highest BCUT2D eigenvalue weighted by Gasteiger charge is 2.37. The molecule has 5 nitrogen and oxygen atoms in total. The van der Waals surface area contributed by atoms with Crippen LogP contribution in [0.2, 0.25) is 0 Å². The second kappa shape index (κ2) is 5.61. The van der Waals surface area contributed by atoms with Crippen molar-refractivity contribution in [1.29, 1.82) is 0 Å². The number of aromatic nitrogens is 1. The minimum atomic E-state index is -0.450. The Kier molecular flexibility index (Phi) is 3.64. The maximum atomic E-state index is 13.0. The van der Waals surface area contributed by atoms with Gasteiger partial charge in [0, 0.05) is 6.20 Å². The van der Waals surface area contributed by atoms with Crippen molar-refractivity contribution in [3.8, 4) is 0 Å². The van der Waals surface area contributed by atoms with Crippen LogP contribution in [-0.4, -0.2) is 21.9 Å². The van der Waals surface area contributed by atoms with Crippen LogP contribution >= 0.6 is 12.2 Å². The van der Waals surface area contributed by atoms with Crippen LogP contribution in [0.4, 0.5) is 15.9 Å². The number of amides is 2. The van der Waals surface area contributed by atoms with Gasteiger partial charge in [0.05, 0.1) is 5.69 Å². The molecule has 7 heteroatoms. The summed E-state index contributed by atoms with van der Waals surface area (Å²) in [4.78, 5) is 30.8. The van der Waals surface area contributed by atoms with Crippen molar-refractivity contribution in [1.82, 2.24) is 4.98 Å². The number of halogens is 1. The van der Waals surface area contributed by atoms with Crippen LogP contribution in [0.25, 0.3) is 0 Å². The van der Waals surface area contributed by atoms with Crippen LogP contribution in [0.5, 0.6) is 0 Å². The van der Waals surface area contributed by atoms with E-state index in [0.29, 0.717) is 11.5 Å². The third-order valence-corrected chi connectivity index (χ3v) is 3.51. The molecule has 110 valence electrons. The molecular formula is C15H10FN3O2S.